The maximum atomic E-state index is 12.0. The minimum Gasteiger partial charge on any atom is -0.383 e. The van der Waals surface area contributed by atoms with Crippen LogP contribution in [0.5, 0.6) is 0 Å². The molecule has 1 amide bonds. The van der Waals surface area contributed by atoms with Crippen LogP contribution in [0.1, 0.15) is 13.3 Å². The van der Waals surface area contributed by atoms with Crippen LogP contribution in [0.25, 0.3) is 0 Å². The van der Waals surface area contributed by atoms with E-state index in [1.54, 1.807) is 12.0 Å². The molecule has 0 spiro atoms. The van der Waals surface area contributed by atoms with Crippen molar-refractivity contribution in [2.45, 2.75) is 13.3 Å². The van der Waals surface area contributed by atoms with Gasteiger partial charge in [0.1, 0.15) is 0 Å². The molecule has 0 aliphatic carbocycles. The van der Waals surface area contributed by atoms with Crippen LogP contribution >= 0.6 is 0 Å². The fraction of sp³-hybridized carbons (Fsp3) is 0.900. The van der Waals surface area contributed by atoms with Gasteiger partial charge in [-0.15, -0.1) is 0 Å². The molecule has 0 bridgehead atoms. The molecule has 0 saturated carbocycles. The molecule has 0 aromatic heterocycles. The Balaban J connectivity index is 2.46. The second kappa shape index (κ2) is 4.75. The number of amides is 1. The summed E-state index contributed by atoms with van der Waals surface area (Å²) in [4.78, 5) is 13.8. The van der Waals surface area contributed by atoms with Gasteiger partial charge in [0.05, 0.1) is 12.0 Å². The highest BCUT2D eigenvalue weighted by Gasteiger charge is 2.37. The molecule has 1 fully saturated rings. The predicted octanol–water partition coefficient (Wildman–Crippen LogP) is 0.0908. The van der Waals surface area contributed by atoms with Crippen LogP contribution in [0.15, 0.2) is 0 Å². The number of likely N-dealkylation sites (N-methyl/N-ethyl adjacent to an activating group) is 1. The molecule has 14 heavy (non-hydrogen) atoms. The van der Waals surface area contributed by atoms with Gasteiger partial charge in [0.2, 0.25) is 5.91 Å². The van der Waals surface area contributed by atoms with E-state index in [4.69, 9.17) is 4.74 Å². The van der Waals surface area contributed by atoms with Crippen LogP contribution in [-0.2, 0) is 9.53 Å². The van der Waals surface area contributed by atoms with Crippen molar-refractivity contribution in [2.75, 3.05) is 40.4 Å². The monoisotopic (exact) mass is 200 g/mol. The Morgan fingerprint density at radius 2 is 2.36 bits per heavy atom. The van der Waals surface area contributed by atoms with Gasteiger partial charge in [-0.25, -0.2) is 0 Å². The zero-order chi connectivity index (χ0) is 10.6. The van der Waals surface area contributed by atoms with E-state index in [0.717, 1.165) is 19.5 Å². The van der Waals surface area contributed by atoms with Crippen molar-refractivity contribution in [3.63, 3.8) is 0 Å². The minimum atomic E-state index is -0.206. The SMILES string of the molecule is COCCN(C)C(=O)C1(C)CCNC1. The van der Waals surface area contributed by atoms with Gasteiger partial charge in [-0.1, -0.05) is 0 Å². The third-order valence-electron chi connectivity index (χ3n) is 2.86. The number of methoxy groups -OCH3 is 1. The molecule has 4 heteroatoms. The summed E-state index contributed by atoms with van der Waals surface area (Å²) in [5.41, 5.74) is -0.206. The third-order valence-corrected chi connectivity index (χ3v) is 2.86. The van der Waals surface area contributed by atoms with E-state index < -0.39 is 0 Å². The zero-order valence-electron chi connectivity index (χ0n) is 9.30. The van der Waals surface area contributed by atoms with E-state index in [1.165, 1.54) is 0 Å². The highest BCUT2D eigenvalue weighted by molar-refractivity contribution is 5.82. The number of carbonyl (C=O) groups excluding carboxylic acids is 1. The van der Waals surface area contributed by atoms with Crippen molar-refractivity contribution in [3.8, 4) is 0 Å². The number of carbonyl (C=O) groups is 1. The normalized spacial score (nSPS) is 26.5. The third kappa shape index (κ3) is 2.45. The molecular weight excluding hydrogens is 180 g/mol. The molecule has 4 nitrogen and oxygen atoms in total. The molecule has 1 N–H and O–H groups in total. The highest BCUT2D eigenvalue weighted by Crippen LogP contribution is 2.26. The zero-order valence-corrected chi connectivity index (χ0v) is 9.30. The van der Waals surface area contributed by atoms with E-state index in [0.29, 0.717) is 13.2 Å². The van der Waals surface area contributed by atoms with Crippen molar-refractivity contribution in [2.24, 2.45) is 5.41 Å². The Morgan fingerprint density at radius 3 is 2.86 bits per heavy atom. The topological polar surface area (TPSA) is 41.6 Å². The molecule has 1 aliphatic heterocycles. The average Bonchev–Trinajstić information content (AvgIpc) is 2.61. The van der Waals surface area contributed by atoms with Gasteiger partial charge in [0.25, 0.3) is 0 Å². The largest absolute Gasteiger partial charge is 0.383 e. The number of nitrogens with zero attached hydrogens (tertiary/aromatic N) is 1. The molecule has 1 unspecified atom stereocenters. The molecule has 1 heterocycles. The maximum absolute atomic E-state index is 12.0. The van der Waals surface area contributed by atoms with Crippen molar-refractivity contribution in [1.29, 1.82) is 0 Å². The van der Waals surface area contributed by atoms with E-state index >= 15 is 0 Å². The molecule has 1 aliphatic rings. The maximum Gasteiger partial charge on any atom is 0.229 e. The quantitative estimate of drug-likeness (QED) is 0.699. The first kappa shape index (κ1) is 11.5. The van der Waals surface area contributed by atoms with Crippen molar-refractivity contribution in [1.82, 2.24) is 10.2 Å². The van der Waals surface area contributed by atoms with Gasteiger partial charge in [-0.2, -0.15) is 0 Å². The summed E-state index contributed by atoms with van der Waals surface area (Å²) in [6.07, 6.45) is 0.934. The van der Waals surface area contributed by atoms with E-state index in [2.05, 4.69) is 5.32 Å². The Hall–Kier alpha value is -0.610. The molecule has 0 radical (unpaired) electrons. The first-order chi connectivity index (χ1) is 6.60. The van der Waals surface area contributed by atoms with Crippen LogP contribution in [0, 0.1) is 5.41 Å². The van der Waals surface area contributed by atoms with Crippen LogP contribution in [-0.4, -0.2) is 51.2 Å². The van der Waals surface area contributed by atoms with Crippen LogP contribution in [0.3, 0.4) is 0 Å². The fourth-order valence-electron chi connectivity index (χ4n) is 1.79. The van der Waals surface area contributed by atoms with Gasteiger partial charge in [-0.3, -0.25) is 4.79 Å². The number of ether oxygens (including phenoxy) is 1. The van der Waals surface area contributed by atoms with Crippen LogP contribution in [0.4, 0.5) is 0 Å². The molecule has 0 aromatic carbocycles. The summed E-state index contributed by atoms with van der Waals surface area (Å²) < 4.78 is 4.95. The summed E-state index contributed by atoms with van der Waals surface area (Å²) in [5.74, 6) is 0.222. The van der Waals surface area contributed by atoms with Gasteiger partial charge in [0.15, 0.2) is 0 Å². The molecule has 1 atom stereocenters. The average molecular weight is 200 g/mol. The minimum absolute atomic E-state index is 0.206. The Morgan fingerprint density at radius 1 is 1.64 bits per heavy atom. The molecule has 0 aromatic rings. The van der Waals surface area contributed by atoms with Gasteiger partial charge in [0, 0.05) is 27.2 Å². The summed E-state index contributed by atoms with van der Waals surface area (Å²) in [7, 11) is 3.49. The molecular formula is C10H20N2O2. The van der Waals surface area contributed by atoms with Crippen molar-refractivity contribution >= 4 is 5.91 Å². The summed E-state index contributed by atoms with van der Waals surface area (Å²) in [5, 5.41) is 3.23. The van der Waals surface area contributed by atoms with Gasteiger partial charge in [-0.05, 0) is 19.9 Å². The standard InChI is InChI=1S/C10H20N2O2/c1-10(4-5-11-8-10)9(13)12(2)6-7-14-3/h11H,4-8H2,1-3H3. The lowest BCUT2D eigenvalue weighted by Crippen LogP contribution is -2.42. The van der Waals surface area contributed by atoms with Gasteiger partial charge < -0.3 is 15.0 Å². The van der Waals surface area contributed by atoms with E-state index in [9.17, 15) is 4.79 Å². The number of nitrogens with one attached hydrogen (secondary N) is 1. The van der Waals surface area contributed by atoms with E-state index in [1.807, 2.05) is 14.0 Å². The summed E-state index contributed by atoms with van der Waals surface area (Å²) in [6, 6.07) is 0. The fourth-order valence-corrected chi connectivity index (χ4v) is 1.79. The van der Waals surface area contributed by atoms with Gasteiger partial charge >= 0.3 is 0 Å². The number of hydrogen-bond acceptors (Lipinski definition) is 3. The molecule has 1 rings (SSSR count). The summed E-state index contributed by atoms with van der Waals surface area (Å²) in [6.45, 7) is 5.04. The Bertz CT molecular complexity index is 200. The highest BCUT2D eigenvalue weighted by atomic mass is 16.5. The number of rotatable bonds is 4. The lowest BCUT2D eigenvalue weighted by atomic mass is 9.88. The Labute approximate surface area is 85.6 Å². The predicted molar refractivity (Wildman–Crippen MR) is 55.1 cm³/mol. The number of hydrogen-bond donors (Lipinski definition) is 1. The Kier molecular flexibility index (Phi) is 3.89. The lowest BCUT2D eigenvalue weighted by molar-refractivity contribution is -0.139. The first-order valence-electron chi connectivity index (χ1n) is 5.05. The first-order valence-corrected chi connectivity index (χ1v) is 5.05. The second-order valence-corrected chi connectivity index (χ2v) is 4.21. The van der Waals surface area contributed by atoms with Crippen LogP contribution < -0.4 is 5.32 Å². The second-order valence-electron chi connectivity index (χ2n) is 4.21. The smallest absolute Gasteiger partial charge is 0.229 e. The molecule has 82 valence electrons. The van der Waals surface area contributed by atoms with Crippen LogP contribution in [0.2, 0.25) is 0 Å². The lowest BCUT2D eigenvalue weighted by Gasteiger charge is -2.28. The van der Waals surface area contributed by atoms with E-state index in [-0.39, 0.29) is 11.3 Å². The van der Waals surface area contributed by atoms with Crippen molar-refractivity contribution < 1.29 is 9.53 Å². The molecule has 1 saturated heterocycles. The van der Waals surface area contributed by atoms with Crippen molar-refractivity contribution in [3.05, 3.63) is 0 Å². The summed E-state index contributed by atoms with van der Waals surface area (Å²) >= 11 is 0.